The maximum atomic E-state index is 12.6. The molecule has 1 aromatic heterocycles. The highest BCUT2D eigenvalue weighted by Crippen LogP contribution is 2.29. The monoisotopic (exact) mass is 504 g/mol. The van der Waals surface area contributed by atoms with Gasteiger partial charge in [0.25, 0.3) is 5.91 Å². The number of nitrogens with zero attached hydrogens (tertiary/aromatic N) is 3. The number of para-hydroxylation sites is 1. The highest BCUT2D eigenvalue weighted by molar-refractivity contribution is 7.15. The lowest BCUT2D eigenvalue weighted by Gasteiger charge is -2.13. The molecule has 1 heterocycles. The fraction of sp³-hybridized carbons (Fsp3) is 0.259. The summed E-state index contributed by atoms with van der Waals surface area (Å²) in [5.41, 5.74) is 1.60. The Balaban J connectivity index is 1.63. The van der Waals surface area contributed by atoms with Crippen LogP contribution in [0.1, 0.15) is 35.9 Å². The van der Waals surface area contributed by atoms with Gasteiger partial charge in [0.05, 0.1) is 7.11 Å². The first-order valence-corrected chi connectivity index (χ1v) is 12.2. The molecule has 3 aromatic rings. The number of nitriles is 1. The fourth-order valence-corrected chi connectivity index (χ4v) is 3.90. The third-order valence-corrected chi connectivity index (χ3v) is 6.09. The van der Waals surface area contributed by atoms with E-state index in [0.717, 1.165) is 22.7 Å². The van der Waals surface area contributed by atoms with E-state index in [1.165, 1.54) is 24.5 Å². The number of rotatable bonds is 12. The molecule has 0 radical (unpaired) electrons. The summed E-state index contributed by atoms with van der Waals surface area (Å²) in [5.74, 6) is 1.43. The van der Waals surface area contributed by atoms with E-state index < -0.39 is 5.91 Å². The summed E-state index contributed by atoms with van der Waals surface area (Å²) < 4.78 is 17.1. The zero-order chi connectivity index (χ0) is 25.9. The molecule has 186 valence electrons. The van der Waals surface area contributed by atoms with Gasteiger partial charge in [-0.3, -0.25) is 10.1 Å². The van der Waals surface area contributed by atoms with Crippen LogP contribution >= 0.6 is 11.3 Å². The van der Waals surface area contributed by atoms with E-state index in [9.17, 15) is 10.1 Å². The summed E-state index contributed by atoms with van der Waals surface area (Å²) in [5, 5.41) is 21.3. The summed E-state index contributed by atoms with van der Waals surface area (Å²) in [6, 6.07) is 14.9. The van der Waals surface area contributed by atoms with E-state index in [-0.39, 0.29) is 11.5 Å². The molecule has 0 unspecified atom stereocenters. The Bertz CT molecular complexity index is 1280. The van der Waals surface area contributed by atoms with Crippen molar-refractivity contribution >= 4 is 28.5 Å². The Morgan fingerprint density at radius 1 is 1.14 bits per heavy atom. The van der Waals surface area contributed by atoms with Crippen LogP contribution in [-0.2, 0) is 11.2 Å². The summed E-state index contributed by atoms with van der Waals surface area (Å²) in [6.07, 6.45) is 4.04. The largest absolute Gasteiger partial charge is 0.493 e. The van der Waals surface area contributed by atoms with Gasteiger partial charge in [0, 0.05) is 5.92 Å². The van der Waals surface area contributed by atoms with Gasteiger partial charge in [-0.25, -0.2) is 0 Å². The SMILES string of the molecule is C=CCc1ccccc1OCCOc1ccc(/C=C(/C#N)C(=O)Nc2nnc(C(C)C)s2)cc1OC. The van der Waals surface area contributed by atoms with Crippen molar-refractivity contribution in [1.29, 1.82) is 5.26 Å². The number of benzene rings is 2. The lowest BCUT2D eigenvalue weighted by molar-refractivity contribution is -0.112. The first kappa shape index (κ1) is 26.4. The number of aromatic nitrogens is 2. The van der Waals surface area contributed by atoms with Crippen molar-refractivity contribution in [1.82, 2.24) is 10.2 Å². The molecule has 1 amide bonds. The molecule has 0 fully saturated rings. The molecular formula is C27H28N4O4S. The van der Waals surface area contributed by atoms with Crippen molar-refractivity contribution in [2.24, 2.45) is 0 Å². The molecular weight excluding hydrogens is 476 g/mol. The van der Waals surface area contributed by atoms with Gasteiger partial charge in [0.15, 0.2) is 11.5 Å². The molecule has 3 rings (SSSR count). The summed E-state index contributed by atoms with van der Waals surface area (Å²) in [7, 11) is 1.53. The number of carbonyl (C=O) groups is 1. The summed E-state index contributed by atoms with van der Waals surface area (Å²) in [4.78, 5) is 12.6. The van der Waals surface area contributed by atoms with Crippen LogP contribution in [0.5, 0.6) is 17.2 Å². The third-order valence-electron chi connectivity index (χ3n) is 4.95. The van der Waals surface area contributed by atoms with E-state index >= 15 is 0 Å². The van der Waals surface area contributed by atoms with Crippen molar-refractivity contribution in [3.63, 3.8) is 0 Å². The van der Waals surface area contributed by atoms with Crippen molar-refractivity contribution in [2.75, 3.05) is 25.6 Å². The molecule has 0 atom stereocenters. The number of anilines is 1. The molecule has 0 spiro atoms. The van der Waals surface area contributed by atoms with Gasteiger partial charge in [-0.05, 0) is 41.8 Å². The zero-order valence-electron chi connectivity index (χ0n) is 20.5. The average molecular weight is 505 g/mol. The molecule has 2 aromatic carbocycles. The molecule has 8 nitrogen and oxygen atoms in total. The maximum Gasteiger partial charge on any atom is 0.268 e. The molecule has 0 aliphatic heterocycles. The molecule has 36 heavy (non-hydrogen) atoms. The Morgan fingerprint density at radius 3 is 2.56 bits per heavy atom. The van der Waals surface area contributed by atoms with E-state index in [0.29, 0.717) is 35.4 Å². The average Bonchev–Trinajstić information content (AvgIpc) is 3.35. The van der Waals surface area contributed by atoms with Crippen molar-refractivity contribution in [3.05, 3.63) is 76.8 Å². The lowest BCUT2D eigenvalue weighted by atomic mass is 10.1. The Morgan fingerprint density at radius 2 is 1.89 bits per heavy atom. The highest BCUT2D eigenvalue weighted by Gasteiger charge is 2.15. The zero-order valence-corrected chi connectivity index (χ0v) is 21.3. The van der Waals surface area contributed by atoms with Gasteiger partial charge in [-0.15, -0.1) is 16.8 Å². The quantitative estimate of drug-likeness (QED) is 0.152. The van der Waals surface area contributed by atoms with Crippen molar-refractivity contribution < 1.29 is 19.0 Å². The van der Waals surface area contributed by atoms with Gasteiger partial charge < -0.3 is 14.2 Å². The second-order valence-corrected chi connectivity index (χ2v) is 8.94. The Labute approximate surface area is 214 Å². The predicted molar refractivity (Wildman–Crippen MR) is 141 cm³/mol. The lowest BCUT2D eigenvalue weighted by Crippen LogP contribution is -2.13. The van der Waals surface area contributed by atoms with Crippen LogP contribution in [0.4, 0.5) is 5.13 Å². The minimum atomic E-state index is -0.558. The second kappa shape index (κ2) is 13.1. The number of carbonyl (C=O) groups excluding carboxylic acids is 1. The summed E-state index contributed by atoms with van der Waals surface area (Å²) in [6.45, 7) is 8.41. The van der Waals surface area contributed by atoms with Crippen LogP contribution in [-0.4, -0.2) is 36.4 Å². The number of hydrogen-bond acceptors (Lipinski definition) is 8. The first-order chi connectivity index (χ1) is 17.4. The number of ether oxygens (including phenoxy) is 3. The van der Waals surface area contributed by atoms with Gasteiger partial charge in [-0.2, -0.15) is 5.26 Å². The van der Waals surface area contributed by atoms with Crippen molar-refractivity contribution in [2.45, 2.75) is 26.2 Å². The first-order valence-electron chi connectivity index (χ1n) is 11.3. The summed E-state index contributed by atoms with van der Waals surface area (Å²) >= 11 is 1.28. The number of methoxy groups -OCH3 is 1. The van der Waals surface area contributed by atoms with Crippen LogP contribution in [0.25, 0.3) is 6.08 Å². The van der Waals surface area contributed by atoms with Crippen LogP contribution < -0.4 is 19.5 Å². The molecule has 0 bridgehead atoms. The topological polar surface area (TPSA) is 106 Å². The fourth-order valence-electron chi connectivity index (χ4n) is 3.16. The van der Waals surface area contributed by atoms with E-state index in [1.807, 2.05) is 50.3 Å². The third kappa shape index (κ3) is 7.17. The minimum absolute atomic E-state index is 0.0707. The van der Waals surface area contributed by atoms with Crippen molar-refractivity contribution in [3.8, 4) is 23.3 Å². The molecule has 0 saturated heterocycles. The van der Waals surface area contributed by atoms with Crippen LogP contribution in [0.15, 0.2) is 60.7 Å². The normalized spacial score (nSPS) is 11.0. The number of nitrogens with one attached hydrogen (secondary N) is 1. The number of allylic oxidation sites excluding steroid dienone is 1. The molecule has 0 aliphatic carbocycles. The van der Waals surface area contributed by atoms with Crippen LogP contribution in [0, 0.1) is 11.3 Å². The van der Waals surface area contributed by atoms with E-state index in [4.69, 9.17) is 14.2 Å². The Hall–Kier alpha value is -4.16. The molecule has 1 N–H and O–H groups in total. The number of amides is 1. The van der Waals surface area contributed by atoms with Gasteiger partial charge in [-0.1, -0.05) is 55.5 Å². The molecule has 0 aliphatic rings. The van der Waals surface area contributed by atoms with Gasteiger partial charge in [0.2, 0.25) is 5.13 Å². The minimum Gasteiger partial charge on any atom is -0.493 e. The smallest absolute Gasteiger partial charge is 0.268 e. The van der Waals surface area contributed by atoms with Gasteiger partial charge >= 0.3 is 0 Å². The molecule has 9 heteroatoms. The van der Waals surface area contributed by atoms with E-state index in [2.05, 4.69) is 22.1 Å². The second-order valence-electron chi connectivity index (χ2n) is 7.93. The molecule has 0 saturated carbocycles. The van der Waals surface area contributed by atoms with Crippen LogP contribution in [0.2, 0.25) is 0 Å². The highest BCUT2D eigenvalue weighted by atomic mass is 32.1. The Kier molecular flexibility index (Phi) is 9.60. The maximum absolute atomic E-state index is 12.6. The number of hydrogen-bond donors (Lipinski definition) is 1. The van der Waals surface area contributed by atoms with Gasteiger partial charge in [0.1, 0.15) is 35.6 Å². The standard InChI is InChI=1S/C27H28N4O4S/c1-5-8-20-9-6-7-10-22(20)34-13-14-35-23-12-11-19(16-24(23)33-4)15-21(17-28)25(32)29-27-31-30-26(36-27)18(2)3/h5-7,9-12,15-16,18H,1,8,13-14H2,2-4H3,(H,29,31,32)/b21-15-. The predicted octanol–water partition coefficient (Wildman–Crippen LogP) is 5.40. The van der Waals surface area contributed by atoms with E-state index in [1.54, 1.807) is 18.2 Å². The van der Waals surface area contributed by atoms with Crippen LogP contribution in [0.3, 0.4) is 0 Å².